The van der Waals surface area contributed by atoms with Gasteiger partial charge in [0.15, 0.2) is 0 Å². The van der Waals surface area contributed by atoms with E-state index in [9.17, 15) is 0 Å². The molecule has 0 bridgehead atoms. The lowest BCUT2D eigenvalue weighted by Crippen LogP contribution is -2.31. The van der Waals surface area contributed by atoms with E-state index in [1.54, 1.807) is 6.07 Å². The van der Waals surface area contributed by atoms with E-state index in [0.717, 1.165) is 14.5 Å². The maximum absolute atomic E-state index is 8.96. The molecule has 1 aromatic carbocycles. The van der Waals surface area contributed by atoms with Gasteiger partial charge in [0.05, 0.1) is 0 Å². The lowest BCUT2D eigenvalue weighted by atomic mass is 9.80. The summed E-state index contributed by atoms with van der Waals surface area (Å²) in [4.78, 5) is 0. The van der Waals surface area contributed by atoms with Gasteiger partial charge in [-0.05, 0) is 30.1 Å². The standard InChI is InChI=1S/C7H7BBr2O2/c1-4-2-5(9)3-6(7(4)10)8(11)12/h2-3,11-12H,1H3. The zero-order valence-corrected chi connectivity index (χ0v) is 9.55. The van der Waals surface area contributed by atoms with Gasteiger partial charge in [0, 0.05) is 8.95 Å². The van der Waals surface area contributed by atoms with Gasteiger partial charge in [0.1, 0.15) is 0 Å². The topological polar surface area (TPSA) is 40.5 Å². The average Bonchev–Trinajstić information content (AvgIpc) is 1.96. The lowest BCUT2D eigenvalue weighted by molar-refractivity contribution is 0.425. The molecule has 0 fully saturated rings. The lowest BCUT2D eigenvalue weighted by Gasteiger charge is -2.06. The molecule has 0 aliphatic rings. The zero-order chi connectivity index (χ0) is 9.30. The Kier molecular flexibility index (Phi) is 3.34. The molecule has 0 heterocycles. The first kappa shape index (κ1) is 10.2. The quantitative estimate of drug-likeness (QED) is 0.764. The predicted molar refractivity (Wildman–Crippen MR) is 56.4 cm³/mol. The van der Waals surface area contributed by atoms with Crippen molar-refractivity contribution in [3.8, 4) is 0 Å². The Morgan fingerprint density at radius 2 is 1.83 bits per heavy atom. The number of hydrogen-bond donors (Lipinski definition) is 2. The summed E-state index contributed by atoms with van der Waals surface area (Å²) in [6.07, 6.45) is 0. The minimum atomic E-state index is -1.43. The highest BCUT2D eigenvalue weighted by atomic mass is 79.9. The van der Waals surface area contributed by atoms with Gasteiger partial charge in [-0.25, -0.2) is 0 Å². The van der Waals surface area contributed by atoms with Crippen LogP contribution in [0.4, 0.5) is 0 Å². The van der Waals surface area contributed by atoms with Crippen LogP contribution in [-0.4, -0.2) is 17.2 Å². The molecule has 0 unspecified atom stereocenters. The third-order valence-corrected chi connectivity index (χ3v) is 3.07. The van der Waals surface area contributed by atoms with Crippen LogP contribution < -0.4 is 5.46 Å². The van der Waals surface area contributed by atoms with E-state index in [2.05, 4.69) is 31.9 Å². The average molecular weight is 294 g/mol. The Morgan fingerprint density at radius 1 is 1.25 bits per heavy atom. The summed E-state index contributed by atoms with van der Waals surface area (Å²) >= 11 is 6.55. The molecule has 2 nitrogen and oxygen atoms in total. The van der Waals surface area contributed by atoms with E-state index in [4.69, 9.17) is 10.0 Å². The number of rotatable bonds is 1. The van der Waals surface area contributed by atoms with E-state index in [-0.39, 0.29) is 0 Å². The van der Waals surface area contributed by atoms with Crippen molar-refractivity contribution in [3.63, 3.8) is 0 Å². The fourth-order valence-corrected chi connectivity index (χ4v) is 1.96. The van der Waals surface area contributed by atoms with Crippen LogP contribution in [0.1, 0.15) is 5.56 Å². The Labute approximate surface area is 88.0 Å². The van der Waals surface area contributed by atoms with E-state index in [1.807, 2.05) is 13.0 Å². The molecular formula is C7H7BBr2O2. The van der Waals surface area contributed by atoms with Crippen LogP contribution in [0, 0.1) is 6.92 Å². The van der Waals surface area contributed by atoms with Gasteiger partial charge in [-0.15, -0.1) is 0 Å². The number of halogens is 2. The van der Waals surface area contributed by atoms with Crippen molar-refractivity contribution in [2.24, 2.45) is 0 Å². The first-order valence-electron chi connectivity index (χ1n) is 3.34. The second-order valence-electron chi connectivity index (χ2n) is 2.50. The molecule has 0 amide bonds. The monoisotopic (exact) mass is 292 g/mol. The van der Waals surface area contributed by atoms with Crippen molar-refractivity contribution in [2.75, 3.05) is 0 Å². The molecule has 0 spiro atoms. The number of benzene rings is 1. The van der Waals surface area contributed by atoms with E-state index >= 15 is 0 Å². The Balaban J connectivity index is 3.28. The first-order chi connectivity index (χ1) is 5.52. The van der Waals surface area contributed by atoms with Gasteiger partial charge in [0.2, 0.25) is 0 Å². The van der Waals surface area contributed by atoms with Crippen molar-refractivity contribution < 1.29 is 10.0 Å². The molecule has 2 N–H and O–H groups in total. The van der Waals surface area contributed by atoms with E-state index in [0.29, 0.717) is 5.46 Å². The fraction of sp³-hybridized carbons (Fsp3) is 0.143. The highest BCUT2D eigenvalue weighted by molar-refractivity contribution is 9.11. The smallest absolute Gasteiger partial charge is 0.423 e. The molecule has 1 rings (SSSR count). The van der Waals surface area contributed by atoms with Crippen LogP contribution in [0.15, 0.2) is 21.1 Å². The minimum absolute atomic E-state index is 0.474. The molecule has 5 heteroatoms. The van der Waals surface area contributed by atoms with Crippen LogP contribution >= 0.6 is 31.9 Å². The maximum Gasteiger partial charge on any atom is 0.489 e. The predicted octanol–water partition coefficient (Wildman–Crippen LogP) is 1.20. The molecule has 12 heavy (non-hydrogen) atoms. The van der Waals surface area contributed by atoms with Crippen molar-refractivity contribution in [1.82, 2.24) is 0 Å². The SMILES string of the molecule is Cc1cc(Br)cc(B(O)O)c1Br. The van der Waals surface area contributed by atoms with Gasteiger partial charge < -0.3 is 10.0 Å². The molecule has 0 saturated heterocycles. The Bertz CT molecular complexity index is 302. The third-order valence-electron chi connectivity index (χ3n) is 1.53. The summed E-state index contributed by atoms with van der Waals surface area (Å²) in [6, 6.07) is 3.57. The second kappa shape index (κ2) is 3.92. The summed E-state index contributed by atoms with van der Waals surface area (Å²) in [7, 11) is -1.43. The van der Waals surface area contributed by atoms with Gasteiger partial charge in [-0.3, -0.25) is 0 Å². The van der Waals surface area contributed by atoms with E-state index < -0.39 is 7.12 Å². The molecular weight excluding hydrogens is 287 g/mol. The van der Waals surface area contributed by atoms with Crippen LogP contribution in [-0.2, 0) is 0 Å². The highest BCUT2D eigenvalue weighted by Crippen LogP contribution is 2.18. The largest absolute Gasteiger partial charge is 0.489 e. The maximum atomic E-state index is 8.96. The van der Waals surface area contributed by atoms with Gasteiger partial charge in [0.25, 0.3) is 0 Å². The first-order valence-corrected chi connectivity index (χ1v) is 4.92. The third kappa shape index (κ3) is 2.10. The van der Waals surface area contributed by atoms with Gasteiger partial charge in [-0.2, -0.15) is 0 Å². The van der Waals surface area contributed by atoms with Crippen LogP contribution in [0.25, 0.3) is 0 Å². The van der Waals surface area contributed by atoms with Crippen LogP contribution in [0.3, 0.4) is 0 Å². The van der Waals surface area contributed by atoms with Crippen molar-refractivity contribution in [3.05, 3.63) is 26.6 Å². The fourth-order valence-electron chi connectivity index (χ4n) is 0.939. The van der Waals surface area contributed by atoms with Crippen molar-refractivity contribution >= 4 is 44.4 Å². The molecule has 0 saturated carbocycles. The Hall–Kier alpha value is 0.165. The molecule has 1 aromatic rings. The molecule has 64 valence electrons. The zero-order valence-electron chi connectivity index (χ0n) is 6.38. The second-order valence-corrected chi connectivity index (χ2v) is 4.21. The molecule has 0 aliphatic carbocycles. The summed E-state index contributed by atoms with van der Waals surface area (Å²) in [5.74, 6) is 0. The normalized spacial score (nSPS) is 10.1. The van der Waals surface area contributed by atoms with Crippen molar-refractivity contribution in [2.45, 2.75) is 6.92 Å². The number of aryl methyl sites for hydroxylation is 1. The van der Waals surface area contributed by atoms with Crippen LogP contribution in [0.5, 0.6) is 0 Å². The summed E-state index contributed by atoms with van der Waals surface area (Å²) in [6.45, 7) is 1.89. The molecule has 0 aliphatic heterocycles. The number of hydrogen-bond acceptors (Lipinski definition) is 2. The highest BCUT2D eigenvalue weighted by Gasteiger charge is 2.16. The van der Waals surface area contributed by atoms with Gasteiger partial charge >= 0.3 is 7.12 Å². The van der Waals surface area contributed by atoms with Gasteiger partial charge in [-0.1, -0.05) is 31.9 Å². The summed E-state index contributed by atoms with van der Waals surface area (Å²) in [5, 5.41) is 17.9. The molecule has 0 atom stereocenters. The Morgan fingerprint density at radius 3 is 2.33 bits per heavy atom. The minimum Gasteiger partial charge on any atom is -0.423 e. The molecule has 0 aromatic heterocycles. The molecule has 0 radical (unpaired) electrons. The summed E-state index contributed by atoms with van der Waals surface area (Å²) < 4.78 is 1.58. The van der Waals surface area contributed by atoms with E-state index in [1.165, 1.54) is 0 Å². The van der Waals surface area contributed by atoms with Crippen molar-refractivity contribution in [1.29, 1.82) is 0 Å². The van der Waals surface area contributed by atoms with Crippen LogP contribution in [0.2, 0.25) is 0 Å². The summed E-state index contributed by atoms with van der Waals surface area (Å²) in [5.41, 5.74) is 1.44.